The molecule has 2 unspecified atom stereocenters. The van der Waals surface area contributed by atoms with E-state index >= 15 is 0 Å². The van der Waals surface area contributed by atoms with Gasteiger partial charge in [0.15, 0.2) is 0 Å². The summed E-state index contributed by atoms with van der Waals surface area (Å²) in [5.74, 6) is 0. The van der Waals surface area contributed by atoms with Gasteiger partial charge < -0.3 is 21.1 Å². The zero-order chi connectivity index (χ0) is 10.4. The number of nitrogens with one attached hydrogen (secondary N) is 1. The van der Waals surface area contributed by atoms with Crippen molar-refractivity contribution in [2.75, 3.05) is 20.1 Å². The molecule has 5 heteroatoms. The molecular weight excluding hydrogens is 170 g/mol. The summed E-state index contributed by atoms with van der Waals surface area (Å²) in [5, 5.41) is 11.7. The van der Waals surface area contributed by atoms with Crippen molar-refractivity contribution in [1.29, 1.82) is 0 Å². The van der Waals surface area contributed by atoms with E-state index in [1.54, 1.807) is 14.0 Å². The molecule has 4 N–H and O–H groups in total. The molecule has 0 saturated carbocycles. The fourth-order valence-corrected chi connectivity index (χ4v) is 0.654. The molecule has 0 bridgehead atoms. The third-order valence-electron chi connectivity index (χ3n) is 1.93. The van der Waals surface area contributed by atoms with Gasteiger partial charge in [0.05, 0.1) is 6.10 Å². The van der Waals surface area contributed by atoms with Crippen LogP contribution < -0.4 is 11.1 Å². The fourth-order valence-electron chi connectivity index (χ4n) is 0.654. The van der Waals surface area contributed by atoms with Crippen molar-refractivity contribution in [3.63, 3.8) is 0 Å². The highest BCUT2D eigenvalue weighted by molar-refractivity contribution is 5.73. The number of hydrogen-bond acceptors (Lipinski definition) is 3. The van der Waals surface area contributed by atoms with Crippen molar-refractivity contribution in [2.45, 2.75) is 26.0 Å². The summed E-state index contributed by atoms with van der Waals surface area (Å²) < 4.78 is 0. The molecule has 0 spiro atoms. The molecule has 0 aliphatic heterocycles. The molecule has 0 aromatic heterocycles. The first kappa shape index (κ1) is 12.2. The second-order valence-corrected chi connectivity index (χ2v) is 3.10. The van der Waals surface area contributed by atoms with Crippen LogP contribution in [0.5, 0.6) is 0 Å². The Morgan fingerprint density at radius 3 is 2.62 bits per heavy atom. The second kappa shape index (κ2) is 5.77. The van der Waals surface area contributed by atoms with Crippen LogP contribution in [0.4, 0.5) is 4.79 Å². The molecule has 13 heavy (non-hydrogen) atoms. The van der Waals surface area contributed by atoms with Gasteiger partial charge in [-0.05, 0) is 13.8 Å². The zero-order valence-corrected chi connectivity index (χ0v) is 8.45. The Morgan fingerprint density at radius 1 is 1.69 bits per heavy atom. The predicted molar refractivity (Wildman–Crippen MR) is 51.4 cm³/mol. The molecular formula is C8H19N3O2. The number of rotatable bonds is 4. The topological polar surface area (TPSA) is 78.6 Å². The zero-order valence-electron chi connectivity index (χ0n) is 8.45. The lowest BCUT2D eigenvalue weighted by Gasteiger charge is -2.19. The average Bonchev–Trinajstić information content (AvgIpc) is 2.11. The summed E-state index contributed by atoms with van der Waals surface area (Å²) in [5.41, 5.74) is 5.52. The van der Waals surface area contributed by atoms with Gasteiger partial charge in [0, 0.05) is 26.2 Å². The molecule has 0 rings (SSSR count). The molecule has 0 aliphatic rings. The largest absolute Gasteiger partial charge is 0.392 e. The summed E-state index contributed by atoms with van der Waals surface area (Å²) in [6, 6.07) is -0.576. The van der Waals surface area contributed by atoms with Gasteiger partial charge in [0.2, 0.25) is 0 Å². The first-order valence-corrected chi connectivity index (χ1v) is 4.41. The molecule has 5 nitrogen and oxygen atoms in total. The van der Waals surface area contributed by atoms with Crippen LogP contribution in [0.25, 0.3) is 0 Å². The monoisotopic (exact) mass is 189 g/mol. The van der Waals surface area contributed by atoms with E-state index in [0.717, 1.165) is 0 Å². The molecule has 0 aromatic rings. The maximum absolute atomic E-state index is 11.2. The Bertz CT molecular complexity index is 161. The number of amides is 2. The van der Waals surface area contributed by atoms with Crippen molar-refractivity contribution in [3.8, 4) is 0 Å². The Labute approximate surface area is 78.9 Å². The fraction of sp³-hybridized carbons (Fsp3) is 0.875. The molecule has 0 radical (unpaired) electrons. The minimum absolute atomic E-state index is 0.168. The summed E-state index contributed by atoms with van der Waals surface area (Å²) >= 11 is 0. The van der Waals surface area contributed by atoms with Gasteiger partial charge in [-0.3, -0.25) is 0 Å². The van der Waals surface area contributed by atoms with Gasteiger partial charge in [-0.1, -0.05) is 0 Å². The van der Waals surface area contributed by atoms with Gasteiger partial charge >= 0.3 is 6.03 Å². The lowest BCUT2D eigenvalue weighted by Crippen LogP contribution is -2.47. The molecule has 0 fully saturated rings. The molecule has 2 atom stereocenters. The van der Waals surface area contributed by atoms with Crippen LogP contribution in [0.2, 0.25) is 0 Å². The Kier molecular flexibility index (Phi) is 5.41. The van der Waals surface area contributed by atoms with E-state index < -0.39 is 12.1 Å². The number of carbonyl (C=O) groups excluding carboxylic acids is 1. The number of aliphatic hydroxyl groups excluding tert-OH is 1. The quantitative estimate of drug-likeness (QED) is 0.550. The first-order chi connectivity index (χ1) is 5.99. The Morgan fingerprint density at radius 2 is 2.23 bits per heavy atom. The summed E-state index contributed by atoms with van der Waals surface area (Å²) in [7, 11) is 1.70. The summed E-state index contributed by atoms with van der Waals surface area (Å²) in [6.07, 6.45) is -0.604. The van der Waals surface area contributed by atoms with E-state index in [2.05, 4.69) is 5.32 Å². The predicted octanol–water partition coefficient (Wildman–Crippen LogP) is -0.644. The van der Waals surface area contributed by atoms with Crippen LogP contribution in [0.1, 0.15) is 13.8 Å². The van der Waals surface area contributed by atoms with Gasteiger partial charge in [-0.2, -0.15) is 0 Å². The molecule has 78 valence electrons. The molecule has 0 heterocycles. The number of urea groups is 1. The third kappa shape index (κ3) is 4.69. The van der Waals surface area contributed by atoms with Gasteiger partial charge in [-0.25, -0.2) is 4.79 Å². The van der Waals surface area contributed by atoms with Crippen molar-refractivity contribution in [2.24, 2.45) is 5.73 Å². The highest BCUT2D eigenvalue weighted by Gasteiger charge is 2.11. The van der Waals surface area contributed by atoms with Crippen molar-refractivity contribution in [1.82, 2.24) is 10.2 Å². The number of aliphatic hydroxyl groups is 1. The number of nitrogens with zero attached hydrogens (tertiary/aromatic N) is 1. The molecule has 0 aromatic carbocycles. The highest BCUT2D eigenvalue weighted by Crippen LogP contribution is 1.87. The van der Waals surface area contributed by atoms with Crippen molar-refractivity contribution < 1.29 is 9.90 Å². The summed E-state index contributed by atoms with van der Waals surface area (Å²) in [6.45, 7) is 4.42. The SMILES string of the molecule is CCN(C)C(=O)NCC(N)C(C)O. The molecule has 2 amide bonds. The minimum Gasteiger partial charge on any atom is -0.392 e. The van der Waals surface area contributed by atoms with Crippen LogP contribution in [0.15, 0.2) is 0 Å². The van der Waals surface area contributed by atoms with E-state index in [9.17, 15) is 4.79 Å². The maximum atomic E-state index is 11.2. The number of hydrogen-bond donors (Lipinski definition) is 3. The van der Waals surface area contributed by atoms with Crippen LogP contribution in [-0.4, -0.2) is 48.3 Å². The highest BCUT2D eigenvalue weighted by atomic mass is 16.3. The van der Waals surface area contributed by atoms with Gasteiger partial charge in [0.25, 0.3) is 0 Å². The minimum atomic E-state index is -0.604. The maximum Gasteiger partial charge on any atom is 0.317 e. The number of carbonyl (C=O) groups is 1. The lowest BCUT2D eigenvalue weighted by atomic mass is 10.2. The first-order valence-electron chi connectivity index (χ1n) is 4.41. The van der Waals surface area contributed by atoms with Crippen LogP contribution in [0.3, 0.4) is 0 Å². The standard InChI is InChI=1S/C8H19N3O2/c1-4-11(3)8(13)10-5-7(9)6(2)12/h6-7,12H,4-5,9H2,1-3H3,(H,10,13). The van der Waals surface area contributed by atoms with E-state index in [1.807, 2.05) is 6.92 Å². The Hall–Kier alpha value is -0.810. The summed E-state index contributed by atoms with van der Waals surface area (Å²) in [4.78, 5) is 12.7. The van der Waals surface area contributed by atoms with E-state index in [0.29, 0.717) is 13.1 Å². The normalized spacial score (nSPS) is 14.8. The molecule has 0 saturated heterocycles. The van der Waals surface area contributed by atoms with E-state index in [-0.39, 0.29) is 6.03 Å². The third-order valence-corrected chi connectivity index (χ3v) is 1.93. The van der Waals surface area contributed by atoms with Crippen LogP contribution in [0, 0.1) is 0 Å². The van der Waals surface area contributed by atoms with Gasteiger partial charge in [-0.15, -0.1) is 0 Å². The van der Waals surface area contributed by atoms with E-state index in [4.69, 9.17) is 10.8 Å². The Balaban J connectivity index is 3.70. The number of nitrogens with two attached hydrogens (primary N) is 1. The van der Waals surface area contributed by atoms with E-state index in [1.165, 1.54) is 4.90 Å². The van der Waals surface area contributed by atoms with Crippen LogP contribution >= 0.6 is 0 Å². The molecule has 0 aliphatic carbocycles. The smallest absolute Gasteiger partial charge is 0.317 e. The van der Waals surface area contributed by atoms with Gasteiger partial charge in [0.1, 0.15) is 0 Å². The average molecular weight is 189 g/mol. The lowest BCUT2D eigenvalue weighted by molar-refractivity contribution is 0.160. The van der Waals surface area contributed by atoms with Crippen molar-refractivity contribution in [3.05, 3.63) is 0 Å². The van der Waals surface area contributed by atoms with Crippen LogP contribution in [-0.2, 0) is 0 Å². The second-order valence-electron chi connectivity index (χ2n) is 3.10. The van der Waals surface area contributed by atoms with Crippen molar-refractivity contribution >= 4 is 6.03 Å².